The van der Waals surface area contributed by atoms with Crippen molar-refractivity contribution in [2.24, 2.45) is 0 Å². The number of furan rings is 1. The van der Waals surface area contributed by atoms with Crippen LogP contribution in [-0.2, 0) is 6.54 Å². The summed E-state index contributed by atoms with van der Waals surface area (Å²) in [5.74, 6) is 1.59. The summed E-state index contributed by atoms with van der Waals surface area (Å²) in [6.45, 7) is 7.34. The van der Waals surface area contributed by atoms with Gasteiger partial charge in [0.1, 0.15) is 17.3 Å². The summed E-state index contributed by atoms with van der Waals surface area (Å²) in [6.07, 6.45) is 0. The van der Waals surface area contributed by atoms with E-state index in [2.05, 4.69) is 5.32 Å². The Labute approximate surface area is 125 Å². The highest BCUT2D eigenvalue weighted by atomic mass is 19.1. The van der Waals surface area contributed by atoms with Crippen LogP contribution in [0.2, 0.25) is 0 Å². The van der Waals surface area contributed by atoms with Gasteiger partial charge in [-0.1, -0.05) is 13.0 Å². The third kappa shape index (κ3) is 3.64. The zero-order valence-corrected chi connectivity index (χ0v) is 13.1. The van der Waals surface area contributed by atoms with Gasteiger partial charge in [-0.15, -0.1) is 0 Å². The molecule has 0 saturated heterocycles. The number of rotatable bonds is 6. The van der Waals surface area contributed by atoms with Gasteiger partial charge in [0.25, 0.3) is 0 Å². The second kappa shape index (κ2) is 6.76. The average Bonchev–Trinajstić information content (AvgIpc) is 2.83. The molecule has 0 amide bonds. The summed E-state index contributed by atoms with van der Waals surface area (Å²) >= 11 is 0. The number of hydrogen-bond donors (Lipinski definition) is 1. The largest absolute Gasteiger partial charge is 0.464 e. The van der Waals surface area contributed by atoms with Crippen molar-refractivity contribution >= 4 is 5.69 Å². The van der Waals surface area contributed by atoms with Crippen LogP contribution in [0.3, 0.4) is 0 Å². The van der Waals surface area contributed by atoms with E-state index in [9.17, 15) is 4.39 Å². The fraction of sp³-hybridized carbons (Fsp3) is 0.412. The van der Waals surface area contributed by atoms with E-state index in [1.54, 1.807) is 6.07 Å². The van der Waals surface area contributed by atoms with E-state index >= 15 is 0 Å². The zero-order chi connectivity index (χ0) is 15.4. The monoisotopic (exact) mass is 290 g/mol. The smallest absolute Gasteiger partial charge is 0.130 e. The fourth-order valence-corrected chi connectivity index (χ4v) is 2.58. The molecule has 1 aromatic heterocycles. The van der Waals surface area contributed by atoms with E-state index in [4.69, 9.17) is 4.42 Å². The molecule has 1 unspecified atom stereocenters. The molecule has 114 valence electrons. The molecule has 0 aliphatic heterocycles. The average molecular weight is 290 g/mol. The summed E-state index contributed by atoms with van der Waals surface area (Å²) in [7, 11) is 1.95. The molecule has 1 atom stereocenters. The highest BCUT2D eigenvalue weighted by molar-refractivity contribution is 5.55. The predicted molar refractivity (Wildman–Crippen MR) is 84.0 cm³/mol. The van der Waals surface area contributed by atoms with E-state index in [1.165, 1.54) is 6.07 Å². The molecule has 3 nitrogen and oxygen atoms in total. The molecular weight excluding hydrogens is 267 g/mol. The predicted octanol–water partition coefficient (Wildman–Crippen LogP) is 4.03. The van der Waals surface area contributed by atoms with Crippen molar-refractivity contribution in [1.82, 2.24) is 5.32 Å². The Morgan fingerprint density at radius 2 is 2.05 bits per heavy atom. The van der Waals surface area contributed by atoms with Crippen LogP contribution in [0.1, 0.15) is 37.0 Å². The molecule has 0 fully saturated rings. The minimum absolute atomic E-state index is 0.0352. The summed E-state index contributed by atoms with van der Waals surface area (Å²) in [6, 6.07) is 9.07. The van der Waals surface area contributed by atoms with Crippen LogP contribution < -0.4 is 10.2 Å². The second-order valence-corrected chi connectivity index (χ2v) is 5.32. The van der Waals surface area contributed by atoms with Crippen molar-refractivity contribution in [3.63, 3.8) is 0 Å². The minimum atomic E-state index is -0.177. The summed E-state index contributed by atoms with van der Waals surface area (Å²) in [4.78, 5) is 2.02. The number of hydrogen-bond acceptors (Lipinski definition) is 3. The molecule has 0 bridgehead atoms. The first kappa shape index (κ1) is 15.6. The van der Waals surface area contributed by atoms with Gasteiger partial charge < -0.3 is 14.6 Å². The number of benzene rings is 1. The Bertz CT molecular complexity index is 594. The van der Waals surface area contributed by atoms with Gasteiger partial charge in [-0.3, -0.25) is 0 Å². The Balaban J connectivity index is 2.27. The van der Waals surface area contributed by atoms with E-state index in [0.29, 0.717) is 12.1 Å². The molecule has 1 N–H and O–H groups in total. The first-order valence-electron chi connectivity index (χ1n) is 7.31. The van der Waals surface area contributed by atoms with Gasteiger partial charge >= 0.3 is 0 Å². The molecule has 4 heteroatoms. The highest BCUT2D eigenvalue weighted by Gasteiger charge is 2.18. The quantitative estimate of drug-likeness (QED) is 0.870. The molecule has 0 spiro atoms. The van der Waals surface area contributed by atoms with Gasteiger partial charge in [-0.05, 0) is 44.7 Å². The van der Waals surface area contributed by atoms with Crippen LogP contribution in [0.25, 0.3) is 0 Å². The first-order chi connectivity index (χ1) is 10.0. The highest BCUT2D eigenvalue weighted by Crippen LogP contribution is 2.29. The molecule has 21 heavy (non-hydrogen) atoms. The van der Waals surface area contributed by atoms with Crippen molar-refractivity contribution < 1.29 is 8.81 Å². The van der Waals surface area contributed by atoms with Crippen molar-refractivity contribution in [1.29, 1.82) is 0 Å². The zero-order valence-electron chi connectivity index (χ0n) is 13.1. The molecule has 1 heterocycles. The molecule has 0 aliphatic carbocycles. The Hall–Kier alpha value is -1.81. The van der Waals surface area contributed by atoms with Crippen LogP contribution in [0.4, 0.5) is 10.1 Å². The number of nitrogens with zero attached hydrogens (tertiary/aromatic N) is 1. The Morgan fingerprint density at radius 1 is 1.29 bits per heavy atom. The standard InChI is InChI=1S/C17H23FN2O/c1-5-19-13(3)17-15(18)7-6-8-16(17)20(4)11-14-10-9-12(2)21-14/h6-10,13,19H,5,11H2,1-4H3. The molecule has 1 aromatic carbocycles. The minimum Gasteiger partial charge on any atom is -0.464 e. The van der Waals surface area contributed by atoms with Gasteiger partial charge in [-0.25, -0.2) is 4.39 Å². The van der Waals surface area contributed by atoms with E-state index in [0.717, 1.165) is 23.8 Å². The van der Waals surface area contributed by atoms with Crippen LogP contribution >= 0.6 is 0 Å². The summed E-state index contributed by atoms with van der Waals surface area (Å²) < 4.78 is 19.8. The Kier molecular flexibility index (Phi) is 5.02. The van der Waals surface area contributed by atoms with Crippen LogP contribution in [0.5, 0.6) is 0 Å². The number of anilines is 1. The molecule has 2 rings (SSSR count). The second-order valence-electron chi connectivity index (χ2n) is 5.32. The molecular formula is C17H23FN2O. The van der Waals surface area contributed by atoms with Gasteiger partial charge in [0.05, 0.1) is 6.54 Å². The topological polar surface area (TPSA) is 28.4 Å². The molecule has 0 radical (unpaired) electrons. The van der Waals surface area contributed by atoms with E-state index in [-0.39, 0.29) is 11.9 Å². The maximum absolute atomic E-state index is 14.2. The summed E-state index contributed by atoms with van der Waals surface area (Å²) in [5.41, 5.74) is 1.59. The van der Waals surface area contributed by atoms with Crippen molar-refractivity contribution in [2.75, 3.05) is 18.5 Å². The van der Waals surface area contributed by atoms with Crippen LogP contribution in [0, 0.1) is 12.7 Å². The number of halogens is 1. The molecule has 0 aliphatic rings. The maximum atomic E-state index is 14.2. The van der Waals surface area contributed by atoms with Gasteiger partial charge in [0.2, 0.25) is 0 Å². The fourth-order valence-electron chi connectivity index (χ4n) is 2.58. The Morgan fingerprint density at radius 3 is 2.67 bits per heavy atom. The van der Waals surface area contributed by atoms with Gasteiger partial charge in [0.15, 0.2) is 0 Å². The van der Waals surface area contributed by atoms with Crippen molar-refractivity contribution in [3.05, 3.63) is 53.2 Å². The van der Waals surface area contributed by atoms with Crippen molar-refractivity contribution in [2.45, 2.75) is 33.4 Å². The lowest BCUT2D eigenvalue weighted by Crippen LogP contribution is -2.24. The van der Waals surface area contributed by atoms with Crippen LogP contribution in [0.15, 0.2) is 34.7 Å². The number of nitrogens with one attached hydrogen (secondary N) is 1. The molecule has 0 saturated carbocycles. The third-order valence-corrected chi connectivity index (χ3v) is 3.57. The first-order valence-corrected chi connectivity index (χ1v) is 7.31. The van der Waals surface area contributed by atoms with Crippen molar-refractivity contribution in [3.8, 4) is 0 Å². The lowest BCUT2D eigenvalue weighted by Gasteiger charge is -2.25. The van der Waals surface area contributed by atoms with Crippen LogP contribution in [-0.4, -0.2) is 13.6 Å². The summed E-state index contributed by atoms with van der Waals surface area (Å²) in [5, 5.41) is 3.28. The molecule has 2 aromatic rings. The van der Waals surface area contributed by atoms with Gasteiger partial charge in [-0.2, -0.15) is 0 Å². The normalized spacial score (nSPS) is 12.4. The SMILES string of the molecule is CCNC(C)c1c(F)cccc1N(C)Cc1ccc(C)o1. The maximum Gasteiger partial charge on any atom is 0.130 e. The van der Waals surface area contributed by atoms with Gasteiger partial charge in [0, 0.05) is 24.3 Å². The third-order valence-electron chi connectivity index (χ3n) is 3.57. The van der Waals surface area contributed by atoms with E-state index in [1.807, 2.05) is 50.9 Å². The number of aryl methyl sites for hydroxylation is 1. The van der Waals surface area contributed by atoms with E-state index < -0.39 is 0 Å². The lowest BCUT2D eigenvalue weighted by molar-refractivity contribution is 0.480. The lowest BCUT2D eigenvalue weighted by atomic mass is 10.0.